The first-order valence-corrected chi connectivity index (χ1v) is 4.71. The highest BCUT2D eigenvalue weighted by Crippen LogP contribution is 2.32. The van der Waals surface area contributed by atoms with E-state index >= 15 is 0 Å². The fraction of sp³-hybridized carbons (Fsp3) is 1.00. The second kappa shape index (κ2) is 3.35. The van der Waals surface area contributed by atoms with Crippen molar-refractivity contribution in [2.75, 3.05) is 0 Å². The summed E-state index contributed by atoms with van der Waals surface area (Å²) in [5, 5.41) is 0. The summed E-state index contributed by atoms with van der Waals surface area (Å²) in [6.45, 7) is 12.5. The van der Waals surface area contributed by atoms with Crippen LogP contribution in [0.3, 0.4) is 0 Å². The largest absolute Gasteiger partial charge is 0.324 e. The zero-order chi connectivity index (χ0) is 10.2. The molecule has 0 spiro atoms. The van der Waals surface area contributed by atoms with E-state index in [1.54, 1.807) is 0 Å². The van der Waals surface area contributed by atoms with Gasteiger partial charge in [0.05, 0.1) is 0 Å². The van der Waals surface area contributed by atoms with Crippen LogP contribution in [0.2, 0.25) is 0 Å². The molecule has 0 bridgehead atoms. The van der Waals surface area contributed by atoms with E-state index in [1.165, 1.54) is 0 Å². The van der Waals surface area contributed by atoms with Crippen LogP contribution in [0, 0.1) is 11.8 Å². The monoisotopic (exact) mass is 172 g/mol. The molecule has 0 aliphatic rings. The Kier molecular flexibility index (Phi) is 3.32. The van der Waals surface area contributed by atoms with E-state index in [2.05, 4.69) is 27.7 Å². The first-order valence-electron chi connectivity index (χ1n) is 4.71. The molecule has 0 radical (unpaired) electrons. The van der Waals surface area contributed by atoms with E-state index in [1.807, 2.05) is 13.8 Å². The highest BCUT2D eigenvalue weighted by Gasteiger charge is 2.43. The molecular weight excluding hydrogens is 148 g/mol. The summed E-state index contributed by atoms with van der Waals surface area (Å²) in [6, 6.07) is 0. The smallest absolute Gasteiger partial charge is 0.0377 e. The molecule has 0 saturated heterocycles. The molecule has 2 heteroatoms. The third-order valence-electron chi connectivity index (χ3n) is 3.03. The highest BCUT2D eigenvalue weighted by molar-refractivity contribution is 5.05. The minimum Gasteiger partial charge on any atom is -0.324 e. The van der Waals surface area contributed by atoms with E-state index < -0.39 is 0 Å². The Morgan fingerprint density at radius 2 is 1.08 bits per heavy atom. The molecule has 0 aromatic carbocycles. The van der Waals surface area contributed by atoms with Crippen LogP contribution >= 0.6 is 0 Å². The van der Waals surface area contributed by atoms with Crippen LogP contribution in [0.1, 0.15) is 41.5 Å². The van der Waals surface area contributed by atoms with Crippen molar-refractivity contribution < 1.29 is 0 Å². The second-order valence-electron chi connectivity index (χ2n) is 4.96. The van der Waals surface area contributed by atoms with Crippen LogP contribution < -0.4 is 11.5 Å². The second-order valence-corrected chi connectivity index (χ2v) is 4.96. The van der Waals surface area contributed by atoms with Crippen molar-refractivity contribution in [3.05, 3.63) is 0 Å². The Morgan fingerprint density at radius 3 is 1.08 bits per heavy atom. The van der Waals surface area contributed by atoms with E-state index in [0.29, 0.717) is 11.8 Å². The van der Waals surface area contributed by atoms with Crippen molar-refractivity contribution in [3.8, 4) is 0 Å². The lowest BCUT2D eigenvalue weighted by atomic mass is 9.66. The minimum atomic E-state index is -0.324. The van der Waals surface area contributed by atoms with Crippen LogP contribution in [0.4, 0.5) is 0 Å². The van der Waals surface area contributed by atoms with Gasteiger partial charge in [-0.25, -0.2) is 0 Å². The maximum absolute atomic E-state index is 6.34. The van der Waals surface area contributed by atoms with E-state index in [4.69, 9.17) is 11.5 Å². The maximum Gasteiger partial charge on any atom is 0.0377 e. The first-order chi connectivity index (χ1) is 5.14. The van der Waals surface area contributed by atoms with Gasteiger partial charge in [-0.15, -0.1) is 0 Å². The van der Waals surface area contributed by atoms with Crippen LogP contribution in [-0.2, 0) is 0 Å². The van der Waals surface area contributed by atoms with E-state index in [-0.39, 0.29) is 11.1 Å². The molecule has 0 amide bonds. The zero-order valence-corrected chi connectivity index (χ0v) is 9.31. The van der Waals surface area contributed by atoms with Gasteiger partial charge in [-0.2, -0.15) is 0 Å². The van der Waals surface area contributed by atoms with Crippen LogP contribution in [0.5, 0.6) is 0 Å². The molecule has 0 atom stereocenters. The Hall–Kier alpha value is -0.0800. The predicted molar refractivity (Wildman–Crippen MR) is 54.9 cm³/mol. The van der Waals surface area contributed by atoms with E-state index in [0.717, 1.165) is 0 Å². The molecule has 2 nitrogen and oxygen atoms in total. The third-order valence-corrected chi connectivity index (χ3v) is 3.03. The Bertz CT molecular complexity index is 134. The molecular formula is C10H24N2. The van der Waals surface area contributed by atoms with Gasteiger partial charge in [0, 0.05) is 11.1 Å². The Labute approximate surface area is 76.7 Å². The summed E-state index contributed by atoms with van der Waals surface area (Å²) >= 11 is 0. The van der Waals surface area contributed by atoms with Crippen molar-refractivity contribution in [1.82, 2.24) is 0 Å². The number of rotatable bonds is 3. The van der Waals surface area contributed by atoms with Gasteiger partial charge in [-0.1, -0.05) is 27.7 Å². The van der Waals surface area contributed by atoms with Gasteiger partial charge in [0.2, 0.25) is 0 Å². The molecule has 0 saturated carbocycles. The van der Waals surface area contributed by atoms with Crippen molar-refractivity contribution in [2.24, 2.45) is 23.3 Å². The lowest BCUT2D eigenvalue weighted by Crippen LogP contribution is -2.68. The normalized spacial score (nSPS) is 14.5. The standard InChI is InChI=1S/C10H24N2/c1-7(2)10(12,8(3)4)9(5,6)11/h7-8H,11-12H2,1-6H3. The van der Waals surface area contributed by atoms with Gasteiger partial charge >= 0.3 is 0 Å². The molecule has 0 rings (SSSR count). The summed E-state index contributed by atoms with van der Waals surface area (Å²) in [4.78, 5) is 0. The number of hydrogen-bond donors (Lipinski definition) is 2. The van der Waals surface area contributed by atoms with Gasteiger partial charge in [0.15, 0.2) is 0 Å². The van der Waals surface area contributed by atoms with Crippen molar-refractivity contribution >= 4 is 0 Å². The summed E-state index contributed by atoms with van der Waals surface area (Å²) in [5.74, 6) is 0.801. The molecule has 0 unspecified atom stereocenters. The highest BCUT2D eigenvalue weighted by atomic mass is 14.9. The number of nitrogens with two attached hydrogens (primary N) is 2. The minimum absolute atomic E-state index is 0.285. The quantitative estimate of drug-likeness (QED) is 0.681. The van der Waals surface area contributed by atoms with Gasteiger partial charge in [-0.05, 0) is 25.7 Å². The fourth-order valence-electron chi connectivity index (χ4n) is 2.15. The van der Waals surface area contributed by atoms with Crippen molar-refractivity contribution in [3.63, 3.8) is 0 Å². The zero-order valence-electron chi connectivity index (χ0n) is 9.31. The average molecular weight is 172 g/mol. The third kappa shape index (κ3) is 1.80. The predicted octanol–water partition coefficient (Wildman–Crippen LogP) is 1.73. The van der Waals surface area contributed by atoms with Crippen LogP contribution in [0.15, 0.2) is 0 Å². The fourth-order valence-corrected chi connectivity index (χ4v) is 2.15. The maximum atomic E-state index is 6.34. The lowest BCUT2D eigenvalue weighted by Gasteiger charge is -2.48. The van der Waals surface area contributed by atoms with Gasteiger partial charge in [0.25, 0.3) is 0 Å². The molecule has 0 aliphatic heterocycles. The van der Waals surface area contributed by atoms with Crippen molar-refractivity contribution in [1.29, 1.82) is 0 Å². The SMILES string of the molecule is CC(C)C(N)(C(C)C)C(C)(C)N. The van der Waals surface area contributed by atoms with Gasteiger partial charge < -0.3 is 11.5 Å². The Balaban J connectivity index is 4.89. The molecule has 4 N–H and O–H groups in total. The van der Waals surface area contributed by atoms with Crippen LogP contribution in [0.25, 0.3) is 0 Å². The summed E-state index contributed by atoms with van der Waals surface area (Å²) < 4.78 is 0. The molecule has 0 fully saturated rings. The Morgan fingerprint density at radius 1 is 0.833 bits per heavy atom. The molecule has 74 valence electrons. The van der Waals surface area contributed by atoms with Gasteiger partial charge in [0.1, 0.15) is 0 Å². The number of hydrogen-bond acceptors (Lipinski definition) is 2. The first kappa shape index (κ1) is 11.9. The summed E-state index contributed by atoms with van der Waals surface area (Å²) in [5.41, 5.74) is 11.8. The molecule has 0 aromatic rings. The van der Waals surface area contributed by atoms with Crippen molar-refractivity contribution in [2.45, 2.75) is 52.6 Å². The molecule has 12 heavy (non-hydrogen) atoms. The topological polar surface area (TPSA) is 52.0 Å². The van der Waals surface area contributed by atoms with Gasteiger partial charge in [-0.3, -0.25) is 0 Å². The van der Waals surface area contributed by atoms with Crippen LogP contribution in [-0.4, -0.2) is 11.1 Å². The molecule has 0 aliphatic carbocycles. The molecule has 0 aromatic heterocycles. The lowest BCUT2D eigenvalue weighted by molar-refractivity contribution is 0.128. The molecule has 0 heterocycles. The summed E-state index contributed by atoms with van der Waals surface area (Å²) in [7, 11) is 0. The average Bonchev–Trinajstić information content (AvgIpc) is 1.82. The summed E-state index contributed by atoms with van der Waals surface area (Å²) in [6.07, 6.45) is 0. The van der Waals surface area contributed by atoms with E-state index in [9.17, 15) is 0 Å².